The van der Waals surface area contributed by atoms with Crippen molar-refractivity contribution >= 4 is 55.2 Å². The van der Waals surface area contributed by atoms with Gasteiger partial charge in [0.15, 0.2) is 0 Å². The van der Waals surface area contributed by atoms with Gasteiger partial charge in [-0.2, -0.15) is 13.2 Å². The highest BCUT2D eigenvalue weighted by atomic mass is 32.2. The summed E-state index contributed by atoms with van der Waals surface area (Å²) in [7, 11) is -4.00. The number of rotatable bonds is 7. The summed E-state index contributed by atoms with van der Waals surface area (Å²) in [6.07, 6.45) is 0. The minimum absolute atomic E-state index is 0.0294. The van der Waals surface area contributed by atoms with Crippen LogP contribution >= 0.6 is 7.92 Å². The van der Waals surface area contributed by atoms with E-state index < -0.39 is 28.2 Å². The molecule has 0 unspecified atom stereocenters. The minimum atomic E-state index is -5.73. The van der Waals surface area contributed by atoms with Crippen LogP contribution in [0.4, 0.5) is 13.2 Å². The van der Waals surface area contributed by atoms with Gasteiger partial charge >= 0.3 is 5.51 Å². The molecule has 0 amide bonds. The van der Waals surface area contributed by atoms with Crippen LogP contribution in [0.15, 0.2) is 126 Å². The van der Waals surface area contributed by atoms with Crippen molar-refractivity contribution < 1.29 is 31.1 Å². The Kier molecular flexibility index (Phi) is 7.82. The lowest BCUT2D eigenvalue weighted by molar-refractivity contribution is -0.0435. The van der Waals surface area contributed by atoms with Gasteiger partial charge in [0.05, 0.1) is 19.1 Å². The number of methoxy groups -OCH3 is 2. The van der Waals surface area contributed by atoms with Gasteiger partial charge < -0.3 is 9.47 Å². The molecule has 44 heavy (non-hydrogen) atoms. The molecular weight excluding hydrogens is 604 g/mol. The zero-order chi connectivity index (χ0) is 31.1. The van der Waals surface area contributed by atoms with Crippen molar-refractivity contribution in [2.45, 2.75) is 10.4 Å². The van der Waals surface area contributed by atoms with Crippen molar-refractivity contribution in [1.82, 2.24) is 0 Å². The highest BCUT2D eigenvalue weighted by molar-refractivity contribution is 7.92. The van der Waals surface area contributed by atoms with E-state index in [1.165, 1.54) is 6.07 Å². The van der Waals surface area contributed by atoms with Gasteiger partial charge in [-0.05, 0) is 81.3 Å². The van der Waals surface area contributed by atoms with Crippen molar-refractivity contribution in [3.05, 3.63) is 121 Å². The summed E-state index contributed by atoms with van der Waals surface area (Å²) in [6, 6.07) is 35.7. The molecule has 0 aliphatic rings. The second kappa shape index (κ2) is 11.6. The van der Waals surface area contributed by atoms with Gasteiger partial charge in [-0.3, -0.25) is 0 Å². The molecule has 0 radical (unpaired) electrons. The van der Waals surface area contributed by atoms with Crippen molar-refractivity contribution in [1.29, 1.82) is 0 Å². The molecule has 0 bridgehead atoms. The zero-order valence-electron chi connectivity index (χ0n) is 23.7. The van der Waals surface area contributed by atoms with Crippen LogP contribution in [-0.4, -0.2) is 28.1 Å². The Morgan fingerprint density at radius 3 is 1.50 bits per heavy atom. The molecule has 6 aromatic rings. The molecule has 0 aromatic heterocycles. The Morgan fingerprint density at radius 1 is 0.568 bits per heavy atom. The Morgan fingerprint density at radius 2 is 1.02 bits per heavy atom. The van der Waals surface area contributed by atoms with Crippen molar-refractivity contribution in [3.63, 3.8) is 0 Å². The first-order valence-electron chi connectivity index (χ1n) is 13.6. The van der Waals surface area contributed by atoms with E-state index in [0.29, 0.717) is 38.5 Å². The summed E-state index contributed by atoms with van der Waals surface area (Å²) >= 11 is 0. The van der Waals surface area contributed by atoms with Gasteiger partial charge in [-0.25, -0.2) is 8.42 Å². The lowest BCUT2D eigenvalue weighted by Gasteiger charge is -2.26. The predicted octanol–water partition coefficient (Wildman–Crippen LogP) is 7.73. The van der Waals surface area contributed by atoms with Crippen LogP contribution < -0.4 is 25.4 Å². The highest BCUT2D eigenvalue weighted by Gasteiger charge is 2.48. The summed E-state index contributed by atoms with van der Waals surface area (Å²) < 4.78 is 80.0. The summed E-state index contributed by atoms with van der Waals surface area (Å²) in [4.78, 5) is -0.777. The molecule has 0 atom stereocenters. The van der Waals surface area contributed by atoms with Gasteiger partial charge in [0, 0.05) is 5.56 Å². The number of ether oxygens (including phenoxy) is 2. The van der Waals surface area contributed by atoms with Gasteiger partial charge in [0.25, 0.3) is 9.84 Å². The molecule has 0 N–H and O–H groups in total. The summed E-state index contributed by atoms with van der Waals surface area (Å²) in [6.45, 7) is 0. The number of fused-ring (bicyclic) bond motifs is 2. The van der Waals surface area contributed by atoms with Crippen LogP contribution in [0.25, 0.3) is 32.7 Å². The number of sulfone groups is 1. The van der Waals surface area contributed by atoms with Gasteiger partial charge in [-0.15, -0.1) is 0 Å². The van der Waals surface area contributed by atoms with E-state index in [4.69, 9.17) is 9.47 Å². The fourth-order valence-corrected chi connectivity index (χ4v) is 8.86. The molecule has 0 fully saturated rings. The molecule has 0 saturated carbocycles. The van der Waals surface area contributed by atoms with E-state index in [-0.39, 0.29) is 5.56 Å². The van der Waals surface area contributed by atoms with Gasteiger partial charge in [0.1, 0.15) is 11.5 Å². The van der Waals surface area contributed by atoms with E-state index in [9.17, 15) is 21.6 Å². The Hall–Kier alpha value is -4.39. The van der Waals surface area contributed by atoms with Crippen LogP contribution in [0.1, 0.15) is 0 Å². The van der Waals surface area contributed by atoms with E-state index in [1.807, 2.05) is 84.9 Å². The molecule has 222 valence electrons. The summed E-state index contributed by atoms with van der Waals surface area (Å²) in [5, 5.41) is 4.98. The number of hydrogen-bond donors (Lipinski definition) is 0. The van der Waals surface area contributed by atoms with E-state index in [0.717, 1.165) is 22.1 Å². The zero-order valence-corrected chi connectivity index (χ0v) is 25.4. The lowest BCUT2D eigenvalue weighted by Crippen LogP contribution is -2.26. The van der Waals surface area contributed by atoms with Crippen molar-refractivity contribution in [2.24, 2.45) is 0 Å². The third kappa shape index (κ3) is 5.18. The fraction of sp³-hybridized carbons (Fsp3) is 0.0857. The topological polar surface area (TPSA) is 52.6 Å². The standard InChI is InChI=1S/C35H26F3O4PS/c1-41-25-13-17-27(18-14-25)43(28-19-15-26(42-2)16-20-28)31-21-11-23-7-3-5-9-29(23)33(31)34-30-10-6-4-8-24(30)12-22-32(34)44(39,40)35(36,37)38/h3-22H,1-2H3. The van der Waals surface area contributed by atoms with Crippen molar-refractivity contribution in [3.8, 4) is 22.6 Å². The maximum atomic E-state index is 14.3. The summed E-state index contributed by atoms with van der Waals surface area (Å²) in [5.41, 5.74) is -5.02. The third-order valence-corrected chi connectivity index (χ3v) is 11.6. The number of hydrogen-bond acceptors (Lipinski definition) is 4. The molecule has 0 spiro atoms. The maximum Gasteiger partial charge on any atom is 0.501 e. The van der Waals surface area contributed by atoms with E-state index >= 15 is 0 Å². The maximum absolute atomic E-state index is 14.3. The van der Waals surface area contributed by atoms with Gasteiger partial charge in [-0.1, -0.05) is 91.0 Å². The molecule has 9 heteroatoms. The number of alkyl halides is 3. The van der Waals surface area contributed by atoms with Crippen LogP contribution in [-0.2, 0) is 9.84 Å². The first-order chi connectivity index (χ1) is 21.1. The third-order valence-electron chi connectivity index (χ3n) is 7.54. The second-order valence-electron chi connectivity index (χ2n) is 10.0. The largest absolute Gasteiger partial charge is 0.501 e. The Bertz CT molecular complexity index is 2050. The average molecular weight is 631 g/mol. The molecular formula is C35H26F3O4PS. The monoisotopic (exact) mass is 630 g/mol. The first kappa shape index (κ1) is 29.7. The second-order valence-corrected chi connectivity index (χ2v) is 14.1. The SMILES string of the molecule is COc1ccc(P(c2ccc(OC)cc2)c2ccc3ccccc3c2-c2c(S(=O)(=O)C(F)(F)F)ccc3ccccc23)cc1. The molecule has 6 aromatic carbocycles. The molecule has 0 heterocycles. The minimum Gasteiger partial charge on any atom is -0.497 e. The lowest BCUT2D eigenvalue weighted by atomic mass is 9.94. The van der Waals surface area contributed by atoms with Crippen molar-refractivity contribution in [2.75, 3.05) is 14.2 Å². The van der Waals surface area contributed by atoms with Crippen LogP contribution in [0.5, 0.6) is 11.5 Å². The Balaban J connectivity index is 1.78. The normalized spacial score (nSPS) is 12.1. The van der Waals surface area contributed by atoms with Crippen LogP contribution in [0.3, 0.4) is 0 Å². The van der Waals surface area contributed by atoms with Crippen LogP contribution in [0.2, 0.25) is 0 Å². The van der Waals surface area contributed by atoms with Gasteiger partial charge in [0.2, 0.25) is 0 Å². The first-order valence-corrected chi connectivity index (χ1v) is 16.4. The predicted molar refractivity (Wildman–Crippen MR) is 172 cm³/mol. The molecule has 4 nitrogen and oxygen atoms in total. The highest BCUT2D eigenvalue weighted by Crippen LogP contribution is 2.46. The number of benzene rings is 6. The summed E-state index contributed by atoms with van der Waals surface area (Å²) in [5.74, 6) is 1.31. The smallest absolute Gasteiger partial charge is 0.497 e. The molecule has 0 aliphatic carbocycles. The average Bonchev–Trinajstić information content (AvgIpc) is 3.04. The molecule has 0 saturated heterocycles. The molecule has 0 aliphatic heterocycles. The van der Waals surface area contributed by atoms with E-state index in [1.54, 1.807) is 38.5 Å². The quantitative estimate of drug-likeness (QED) is 0.170. The number of halogens is 3. The van der Waals surface area contributed by atoms with Crippen LogP contribution in [0, 0.1) is 0 Å². The fourth-order valence-electron chi connectivity index (χ4n) is 5.46. The Labute approximate surface area is 254 Å². The van der Waals surface area contributed by atoms with E-state index in [2.05, 4.69) is 0 Å². The molecule has 6 rings (SSSR count).